The summed E-state index contributed by atoms with van der Waals surface area (Å²) in [4.78, 5) is 13.4. The number of nitrogens with zero attached hydrogens (tertiary/aromatic N) is 1. The van der Waals surface area contributed by atoms with Crippen LogP contribution in [0.15, 0.2) is 30.3 Å². The van der Waals surface area contributed by atoms with Gasteiger partial charge in [-0.05, 0) is 12.0 Å². The van der Waals surface area contributed by atoms with E-state index in [2.05, 4.69) is 12.6 Å². The van der Waals surface area contributed by atoms with E-state index in [0.717, 1.165) is 11.8 Å². The van der Waals surface area contributed by atoms with Gasteiger partial charge in [-0.25, -0.2) is 8.42 Å². The second kappa shape index (κ2) is 6.96. The van der Waals surface area contributed by atoms with E-state index in [0.29, 0.717) is 6.42 Å². The molecule has 0 saturated heterocycles. The van der Waals surface area contributed by atoms with E-state index < -0.39 is 15.1 Å². The standard InChI is InChI=1S/C13H19NO3S2/c1-14(8-9-19(2,16)17)13(15)12(18)10-11-6-4-3-5-7-11/h3-7,12,18H,8-10H2,1-2H3. The molecule has 0 radical (unpaired) electrons. The van der Waals surface area contributed by atoms with E-state index in [9.17, 15) is 13.2 Å². The molecule has 1 aromatic rings. The predicted molar refractivity (Wildman–Crippen MR) is 80.3 cm³/mol. The first-order valence-electron chi connectivity index (χ1n) is 5.94. The molecule has 1 atom stereocenters. The molecule has 0 saturated carbocycles. The molecule has 0 aromatic heterocycles. The van der Waals surface area contributed by atoms with Crippen LogP contribution in [0.4, 0.5) is 0 Å². The quantitative estimate of drug-likeness (QED) is 0.799. The Morgan fingerprint density at radius 1 is 1.32 bits per heavy atom. The Morgan fingerprint density at radius 2 is 1.89 bits per heavy atom. The minimum Gasteiger partial charge on any atom is -0.344 e. The van der Waals surface area contributed by atoms with Gasteiger partial charge in [0.2, 0.25) is 5.91 Å². The van der Waals surface area contributed by atoms with Gasteiger partial charge in [-0.1, -0.05) is 30.3 Å². The number of rotatable bonds is 6. The molecule has 0 aliphatic carbocycles. The van der Waals surface area contributed by atoms with Gasteiger partial charge in [0.25, 0.3) is 0 Å². The van der Waals surface area contributed by atoms with Crippen LogP contribution in [0, 0.1) is 0 Å². The summed E-state index contributed by atoms with van der Waals surface area (Å²) in [5, 5.41) is -0.452. The maximum absolute atomic E-state index is 12.0. The third-order valence-electron chi connectivity index (χ3n) is 2.73. The molecule has 1 amide bonds. The molecule has 106 valence electrons. The average Bonchev–Trinajstić information content (AvgIpc) is 2.35. The Balaban J connectivity index is 2.52. The van der Waals surface area contributed by atoms with Gasteiger partial charge in [-0.15, -0.1) is 0 Å². The average molecular weight is 301 g/mol. The summed E-state index contributed by atoms with van der Waals surface area (Å²) in [7, 11) is -1.46. The third kappa shape index (κ3) is 6.11. The highest BCUT2D eigenvalue weighted by Gasteiger charge is 2.19. The van der Waals surface area contributed by atoms with Crippen molar-refractivity contribution >= 4 is 28.4 Å². The summed E-state index contributed by atoms with van der Waals surface area (Å²) in [5.41, 5.74) is 1.03. The van der Waals surface area contributed by atoms with Crippen LogP contribution >= 0.6 is 12.6 Å². The van der Waals surface area contributed by atoms with Crippen molar-refractivity contribution in [2.45, 2.75) is 11.7 Å². The summed E-state index contributed by atoms with van der Waals surface area (Å²) < 4.78 is 22.1. The van der Waals surface area contributed by atoms with Crippen molar-refractivity contribution in [2.75, 3.05) is 25.6 Å². The van der Waals surface area contributed by atoms with Crippen LogP contribution in [-0.2, 0) is 21.1 Å². The number of amides is 1. The molecular formula is C13H19NO3S2. The van der Waals surface area contributed by atoms with Crippen LogP contribution < -0.4 is 0 Å². The van der Waals surface area contributed by atoms with Gasteiger partial charge in [0.15, 0.2) is 0 Å². The lowest BCUT2D eigenvalue weighted by molar-refractivity contribution is -0.129. The lowest BCUT2D eigenvalue weighted by atomic mass is 10.1. The molecular weight excluding hydrogens is 282 g/mol. The molecule has 1 unspecified atom stereocenters. The van der Waals surface area contributed by atoms with Gasteiger partial charge in [-0.2, -0.15) is 12.6 Å². The Kier molecular flexibility index (Phi) is 5.87. The number of carbonyl (C=O) groups excluding carboxylic acids is 1. The highest BCUT2D eigenvalue weighted by Crippen LogP contribution is 2.10. The monoisotopic (exact) mass is 301 g/mol. The van der Waals surface area contributed by atoms with E-state index in [1.54, 1.807) is 7.05 Å². The van der Waals surface area contributed by atoms with Crippen LogP contribution in [-0.4, -0.2) is 50.1 Å². The van der Waals surface area contributed by atoms with E-state index in [4.69, 9.17) is 0 Å². The molecule has 0 heterocycles. The smallest absolute Gasteiger partial charge is 0.235 e. The van der Waals surface area contributed by atoms with E-state index >= 15 is 0 Å². The number of benzene rings is 1. The first-order chi connectivity index (χ1) is 8.79. The zero-order chi connectivity index (χ0) is 14.5. The highest BCUT2D eigenvalue weighted by molar-refractivity contribution is 7.90. The molecule has 0 aliphatic rings. The minimum atomic E-state index is -3.06. The number of carbonyl (C=O) groups is 1. The molecule has 0 bridgehead atoms. The molecule has 0 fully saturated rings. The number of hydrogen-bond donors (Lipinski definition) is 1. The van der Waals surface area contributed by atoms with Gasteiger partial charge in [0.05, 0.1) is 11.0 Å². The van der Waals surface area contributed by atoms with Crippen LogP contribution in [0.5, 0.6) is 0 Å². The second-order valence-corrected chi connectivity index (χ2v) is 7.48. The lowest BCUT2D eigenvalue weighted by Gasteiger charge is -2.20. The van der Waals surface area contributed by atoms with Crippen molar-refractivity contribution in [1.29, 1.82) is 0 Å². The van der Waals surface area contributed by atoms with Crippen LogP contribution in [0.25, 0.3) is 0 Å². The predicted octanol–water partition coefficient (Wildman–Crippen LogP) is 1.03. The fraction of sp³-hybridized carbons (Fsp3) is 0.462. The Morgan fingerprint density at radius 3 is 2.42 bits per heavy atom. The Hall–Kier alpha value is -1.01. The number of hydrogen-bond acceptors (Lipinski definition) is 4. The van der Waals surface area contributed by atoms with Crippen molar-refractivity contribution < 1.29 is 13.2 Å². The van der Waals surface area contributed by atoms with Gasteiger partial charge in [-0.3, -0.25) is 4.79 Å². The Labute approximate surface area is 120 Å². The highest BCUT2D eigenvalue weighted by atomic mass is 32.2. The number of thiol groups is 1. The summed E-state index contributed by atoms with van der Waals surface area (Å²) in [6.45, 7) is 0.198. The van der Waals surface area contributed by atoms with Crippen LogP contribution in [0.1, 0.15) is 5.56 Å². The minimum absolute atomic E-state index is 0.0267. The first-order valence-corrected chi connectivity index (χ1v) is 8.52. The molecule has 0 aliphatic heterocycles. The van der Waals surface area contributed by atoms with Crippen molar-refractivity contribution in [1.82, 2.24) is 4.90 Å². The van der Waals surface area contributed by atoms with Crippen molar-refractivity contribution in [2.24, 2.45) is 0 Å². The van der Waals surface area contributed by atoms with Gasteiger partial charge in [0.1, 0.15) is 9.84 Å². The second-order valence-electron chi connectivity index (χ2n) is 4.60. The van der Waals surface area contributed by atoms with Gasteiger partial charge >= 0.3 is 0 Å². The zero-order valence-electron chi connectivity index (χ0n) is 11.1. The largest absolute Gasteiger partial charge is 0.344 e. The third-order valence-corrected chi connectivity index (χ3v) is 4.06. The molecule has 6 heteroatoms. The molecule has 1 aromatic carbocycles. The first kappa shape index (κ1) is 16.0. The van der Waals surface area contributed by atoms with E-state index in [1.807, 2.05) is 30.3 Å². The molecule has 0 spiro atoms. The summed E-state index contributed by atoms with van der Waals surface area (Å²) in [6.07, 6.45) is 1.69. The van der Waals surface area contributed by atoms with Gasteiger partial charge in [0, 0.05) is 19.8 Å². The zero-order valence-corrected chi connectivity index (χ0v) is 12.8. The summed E-state index contributed by atoms with van der Waals surface area (Å²) >= 11 is 4.30. The SMILES string of the molecule is CN(CCS(C)(=O)=O)C(=O)C(S)Cc1ccccc1. The topological polar surface area (TPSA) is 54.5 Å². The van der Waals surface area contributed by atoms with Crippen molar-refractivity contribution in [3.63, 3.8) is 0 Å². The van der Waals surface area contributed by atoms with Crippen LogP contribution in [0.2, 0.25) is 0 Å². The normalized spacial score (nSPS) is 13.0. The fourth-order valence-corrected chi connectivity index (χ4v) is 2.61. The molecule has 1 rings (SSSR count). The summed E-state index contributed by atoms with van der Waals surface area (Å²) in [6, 6.07) is 9.61. The maximum atomic E-state index is 12.0. The van der Waals surface area contributed by atoms with Crippen molar-refractivity contribution in [3.8, 4) is 0 Å². The fourth-order valence-electron chi connectivity index (χ4n) is 1.59. The van der Waals surface area contributed by atoms with Crippen LogP contribution in [0.3, 0.4) is 0 Å². The Bertz CT molecular complexity index is 514. The van der Waals surface area contributed by atoms with Crippen molar-refractivity contribution in [3.05, 3.63) is 35.9 Å². The van der Waals surface area contributed by atoms with E-state index in [1.165, 1.54) is 4.90 Å². The maximum Gasteiger partial charge on any atom is 0.235 e. The molecule has 0 N–H and O–H groups in total. The lowest BCUT2D eigenvalue weighted by Crippen LogP contribution is -2.37. The summed E-state index contributed by atoms with van der Waals surface area (Å²) in [5.74, 6) is -0.183. The molecule has 4 nitrogen and oxygen atoms in total. The van der Waals surface area contributed by atoms with Gasteiger partial charge < -0.3 is 4.90 Å². The number of sulfone groups is 1. The molecule has 19 heavy (non-hydrogen) atoms. The van der Waals surface area contributed by atoms with E-state index in [-0.39, 0.29) is 18.2 Å².